The fourth-order valence-corrected chi connectivity index (χ4v) is 2.41. The van der Waals surface area contributed by atoms with Gasteiger partial charge in [0.1, 0.15) is 5.82 Å². The van der Waals surface area contributed by atoms with Crippen LogP contribution in [0.5, 0.6) is 0 Å². The van der Waals surface area contributed by atoms with E-state index in [1.807, 2.05) is 25.1 Å². The molecule has 0 aliphatic rings. The van der Waals surface area contributed by atoms with E-state index in [0.717, 1.165) is 0 Å². The molecule has 2 N–H and O–H groups in total. The van der Waals surface area contributed by atoms with Gasteiger partial charge in [0.05, 0.1) is 6.54 Å². The monoisotopic (exact) mass is 314 g/mol. The third kappa shape index (κ3) is 5.18. The highest BCUT2D eigenvalue weighted by Crippen LogP contribution is 2.15. The number of carbonyl (C=O) groups excluding carboxylic acids is 1. The average Bonchev–Trinajstić information content (AvgIpc) is 2.58. The second-order valence-electron chi connectivity index (χ2n) is 5.74. The van der Waals surface area contributed by atoms with Crippen LogP contribution in [0.4, 0.5) is 4.39 Å². The summed E-state index contributed by atoms with van der Waals surface area (Å²) in [6.07, 6.45) is 0. The Morgan fingerprint density at radius 3 is 2.39 bits per heavy atom. The molecule has 4 heteroatoms. The van der Waals surface area contributed by atoms with Crippen molar-refractivity contribution in [3.05, 3.63) is 71.5 Å². The number of rotatable bonds is 7. The first-order valence-electron chi connectivity index (χ1n) is 7.87. The van der Waals surface area contributed by atoms with Crippen LogP contribution in [0.3, 0.4) is 0 Å². The first kappa shape index (κ1) is 17.2. The molecule has 2 rings (SSSR count). The van der Waals surface area contributed by atoms with Crippen molar-refractivity contribution in [2.24, 2.45) is 0 Å². The van der Waals surface area contributed by atoms with Crippen molar-refractivity contribution in [2.45, 2.75) is 25.8 Å². The maximum Gasteiger partial charge on any atom is 0.233 e. The molecule has 0 heterocycles. The highest BCUT2D eigenvalue weighted by atomic mass is 19.1. The fourth-order valence-electron chi connectivity index (χ4n) is 2.41. The lowest BCUT2D eigenvalue weighted by atomic mass is 10.0. The Kier molecular flexibility index (Phi) is 6.29. The van der Waals surface area contributed by atoms with E-state index < -0.39 is 0 Å². The van der Waals surface area contributed by atoms with Gasteiger partial charge in [0.15, 0.2) is 0 Å². The summed E-state index contributed by atoms with van der Waals surface area (Å²) in [4.78, 5) is 11.9. The number of carbonyl (C=O) groups is 1. The Bertz CT molecular complexity index is 630. The first-order valence-corrected chi connectivity index (χ1v) is 7.87. The molecular weight excluding hydrogens is 291 g/mol. The molecule has 0 radical (unpaired) electrons. The second-order valence-corrected chi connectivity index (χ2v) is 5.74. The lowest BCUT2D eigenvalue weighted by Crippen LogP contribution is -2.36. The minimum atomic E-state index is -0.259. The van der Waals surface area contributed by atoms with Crippen molar-refractivity contribution in [2.75, 3.05) is 13.1 Å². The molecule has 0 saturated heterocycles. The van der Waals surface area contributed by atoms with Crippen LogP contribution in [0, 0.1) is 5.82 Å². The van der Waals surface area contributed by atoms with E-state index in [0.29, 0.717) is 12.1 Å². The third-order valence-corrected chi connectivity index (χ3v) is 3.91. The minimum Gasteiger partial charge on any atom is -0.354 e. The van der Waals surface area contributed by atoms with Gasteiger partial charge in [0.25, 0.3) is 0 Å². The van der Waals surface area contributed by atoms with Crippen LogP contribution < -0.4 is 10.6 Å². The zero-order valence-corrected chi connectivity index (χ0v) is 13.6. The molecule has 1 amide bonds. The van der Waals surface area contributed by atoms with Crippen molar-refractivity contribution in [3.8, 4) is 0 Å². The summed E-state index contributed by atoms with van der Waals surface area (Å²) < 4.78 is 13.7. The first-order chi connectivity index (χ1) is 11.1. The third-order valence-electron chi connectivity index (χ3n) is 3.91. The topological polar surface area (TPSA) is 41.1 Å². The summed E-state index contributed by atoms with van der Waals surface area (Å²) in [5, 5.41) is 5.96. The SMILES string of the molecule is CC(CNC(=O)CNC(C)c1ccccc1F)c1ccccc1. The molecular formula is C19H23FN2O. The molecule has 2 aromatic rings. The van der Waals surface area contributed by atoms with Gasteiger partial charge in [-0.05, 0) is 24.5 Å². The van der Waals surface area contributed by atoms with Gasteiger partial charge in [-0.25, -0.2) is 4.39 Å². The average molecular weight is 314 g/mol. The summed E-state index contributed by atoms with van der Waals surface area (Å²) in [5.41, 5.74) is 1.76. The summed E-state index contributed by atoms with van der Waals surface area (Å²) in [5.74, 6) is -0.0919. The molecule has 2 atom stereocenters. The summed E-state index contributed by atoms with van der Waals surface area (Å²) >= 11 is 0. The molecule has 0 spiro atoms. The van der Waals surface area contributed by atoms with Gasteiger partial charge in [-0.15, -0.1) is 0 Å². The predicted molar refractivity (Wildman–Crippen MR) is 90.7 cm³/mol. The van der Waals surface area contributed by atoms with Crippen LogP contribution in [-0.4, -0.2) is 19.0 Å². The fraction of sp³-hybridized carbons (Fsp3) is 0.316. The van der Waals surface area contributed by atoms with E-state index in [1.54, 1.807) is 18.2 Å². The van der Waals surface area contributed by atoms with Gasteiger partial charge in [0.2, 0.25) is 5.91 Å². The zero-order chi connectivity index (χ0) is 16.7. The van der Waals surface area contributed by atoms with Crippen LogP contribution in [0.15, 0.2) is 54.6 Å². The minimum absolute atomic E-state index is 0.0871. The van der Waals surface area contributed by atoms with Gasteiger partial charge in [-0.1, -0.05) is 55.5 Å². The van der Waals surface area contributed by atoms with Crippen molar-refractivity contribution in [1.29, 1.82) is 0 Å². The highest BCUT2D eigenvalue weighted by molar-refractivity contribution is 5.78. The Morgan fingerprint density at radius 1 is 1.04 bits per heavy atom. The van der Waals surface area contributed by atoms with E-state index in [2.05, 4.69) is 29.7 Å². The maximum atomic E-state index is 13.7. The summed E-state index contributed by atoms with van der Waals surface area (Å²) in [7, 11) is 0. The smallest absolute Gasteiger partial charge is 0.233 e. The summed E-state index contributed by atoms with van der Waals surface area (Å²) in [6.45, 7) is 4.67. The van der Waals surface area contributed by atoms with Gasteiger partial charge >= 0.3 is 0 Å². The number of benzene rings is 2. The molecule has 0 saturated carbocycles. The highest BCUT2D eigenvalue weighted by Gasteiger charge is 2.12. The van der Waals surface area contributed by atoms with Gasteiger partial charge in [0, 0.05) is 18.2 Å². The zero-order valence-electron chi connectivity index (χ0n) is 13.6. The standard InChI is InChI=1S/C19H23FN2O/c1-14(16-8-4-3-5-9-16)12-22-19(23)13-21-15(2)17-10-6-7-11-18(17)20/h3-11,14-15,21H,12-13H2,1-2H3,(H,22,23). The molecule has 0 aliphatic heterocycles. The largest absolute Gasteiger partial charge is 0.354 e. The Hall–Kier alpha value is -2.20. The molecule has 122 valence electrons. The molecule has 23 heavy (non-hydrogen) atoms. The van der Waals surface area contributed by atoms with Gasteiger partial charge in [-0.3, -0.25) is 4.79 Å². The van der Waals surface area contributed by atoms with E-state index in [1.165, 1.54) is 11.6 Å². The lowest BCUT2D eigenvalue weighted by molar-refractivity contribution is -0.120. The van der Waals surface area contributed by atoms with Gasteiger partial charge in [-0.2, -0.15) is 0 Å². The number of nitrogens with one attached hydrogen (secondary N) is 2. The maximum absolute atomic E-state index is 13.7. The van der Waals surface area contributed by atoms with Crippen LogP contribution in [0.2, 0.25) is 0 Å². The van der Waals surface area contributed by atoms with Crippen molar-refractivity contribution >= 4 is 5.91 Å². The van der Waals surface area contributed by atoms with Crippen LogP contribution in [-0.2, 0) is 4.79 Å². The second kappa shape index (κ2) is 8.44. The van der Waals surface area contributed by atoms with Crippen LogP contribution >= 0.6 is 0 Å². The molecule has 0 fully saturated rings. The molecule has 0 aliphatic carbocycles. The Labute approximate surface area is 136 Å². The molecule has 0 aromatic heterocycles. The summed E-state index contributed by atoms with van der Waals surface area (Å²) in [6, 6.07) is 16.4. The molecule has 2 unspecified atom stereocenters. The van der Waals surface area contributed by atoms with Crippen molar-refractivity contribution in [3.63, 3.8) is 0 Å². The number of hydrogen-bond donors (Lipinski definition) is 2. The van der Waals surface area contributed by atoms with Crippen LogP contribution in [0.25, 0.3) is 0 Å². The van der Waals surface area contributed by atoms with Crippen molar-refractivity contribution < 1.29 is 9.18 Å². The Balaban J connectivity index is 1.76. The number of hydrogen-bond acceptors (Lipinski definition) is 2. The van der Waals surface area contributed by atoms with Crippen LogP contribution in [0.1, 0.15) is 36.9 Å². The molecule has 2 aromatic carbocycles. The predicted octanol–water partition coefficient (Wildman–Crippen LogP) is 3.40. The quantitative estimate of drug-likeness (QED) is 0.822. The normalized spacial score (nSPS) is 13.3. The van der Waals surface area contributed by atoms with E-state index >= 15 is 0 Å². The molecule has 3 nitrogen and oxygen atoms in total. The molecule has 0 bridgehead atoms. The van der Waals surface area contributed by atoms with E-state index in [4.69, 9.17) is 0 Å². The number of amides is 1. The van der Waals surface area contributed by atoms with E-state index in [9.17, 15) is 9.18 Å². The number of halogens is 1. The van der Waals surface area contributed by atoms with Crippen molar-refractivity contribution in [1.82, 2.24) is 10.6 Å². The lowest BCUT2D eigenvalue weighted by Gasteiger charge is -2.16. The van der Waals surface area contributed by atoms with Gasteiger partial charge < -0.3 is 10.6 Å². The van der Waals surface area contributed by atoms with E-state index in [-0.39, 0.29) is 30.2 Å². The Morgan fingerprint density at radius 2 is 1.70 bits per heavy atom.